The molecule has 0 spiro atoms. The molecule has 0 aliphatic carbocycles. The fourth-order valence-electron chi connectivity index (χ4n) is 3.97. The van der Waals surface area contributed by atoms with Gasteiger partial charge in [-0.2, -0.15) is 5.10 Å². The molecule has 0 saturated carbocycles. The molecule has 1 saturated heterocycles. The minimum Gasteiger partial charge on any atom is -0.370 e. The monoisotopic (exact) mass is 412 g/mol. The molecule has 4 heterocycles. The van der Waals surface area contributed by atoms with Crippen molar-refractivity contribution in [3.8, 4) is 11.1 Å². The van der Waals surface area contributed by atoms with E-state index >= 15 is 0 Å². The van der Waals surface area contributed by atoms with Crippen molar-refractivity contribution in [3.05, 3.63) is 61.3 Å². The zero-order valence-corrected chi connectivity index (χ0v) is 17.2. The Kier molecular flexibility index (Phi) is 4.95. The number of nitrogens with one attached hydrogen (secondary N) is 2. The number of H-pyrrole nitrogens is 1. The Balaban J connectivity index is 1.45. The third kappa shape index (κ3) is 3.92. The van der Waals surface area contributed by atoms with E-state index in [1.54, 1.807) is 12.4 Å². The molecule has 156 valence electrons. The molecule has 0 amide bonds. The summed E-state index contributed by atoms with van der Waals surface area (Å²) in [4.78, 5) is 14.9. The van der Waals surface area contributed by atoms with E-state index in [2.05, 4.69) is 60.1 Å². The van der Waals surface area contributed by atoms with Crippen LogP contribution in [-0.2, 0) is 0 Å². The van der Waals surface area contributed by atoms with Gasteiger partial charge in [0.2, 0.25) is 5.95 Å². The number of aromatic amines is 1. The zero-order chi connectivity index (χ0) is 21.2. The number of nitrogen functional groups attached to an aromatic ring is 1. The molecule has 1 aromatic carbocycles. The maximum Gasteiger partial charge on any atom is 0.220 e. The van der Waals surface area contributed by atoms with E-state index in [0.29, 0.717) is 11.4 Å². The van der Waals surface area contributed by atoms with Crippen LogP contribution in [0.3, 0.4) is 0 Å². The number of pyridine rings is 1. The highest BCUT2D eigenvalue weighted by Crippen LogP contribution is 2.30. The van der Waals surface area contributed by atoms with Crippen LogP contribution < -0.4 is 16.0 Å². The SMILES string of the molecule is C=C(Nc1cnc(N)nc1)c1n[nH]c2ccc(-c3cncc(N4CCCCC4)c3)cc12. The van der Waals surface area contributed by atoms with Gasteiger partial charge in [0.1, 0.15) is 5.69 Å². The average Bonchev–Trinajstić information content (AvgIpc) is 3.25. The second kappa shape index (κ2) is 8.06. The number of benzene rings is 1. The molecule has 5 rings (SSSR count). The number of hydrogen-bond donors (Lipinski definition) is 3. The maximum absolute atomic E-state index is 5.56. The van der Waals surface area contributed by atoms with Gasteiger partial charge < -0.3 is 16.0 Å². The fraction of sp³-hybridized carbons (Fsp3) is 0.217. The lowest BCUT2D eigenvalue weighted by molar-refractivity contribution is 0.577. The quantitative estimate of drug-likeness (QED) is 0.453. The molecule has 1 fully saturated rings. The van der Waals surface area contributed by atoms with Crippen molar-refractivity contribution in [3.63, 3.8) is 0 Å². The van der Waals surface area contributed by atoms with E-state index in [4.69, 9.17) is 5.73 Å². The summed E-state index contributed by atoms with van der Waals surface area (Å²) in [6, 6.07) is 8.47. The number of nitrogens with two attached hydrogens (primary N) is 1. The Bertz CT molecular complexity index is 1220. The molecule has 0 radical (unpaired) electrons. The van der Waals surface area contributed by atoms with E-state index in [1.807, 2.05) is 18.5 Å². The minimum absolute atomic E-state index is 0.228. The molecule has 8 nitrogen and oxygen atoms in total. The molecule has 0 unspecified atom stereocenters. The number of anilines is 3. The van der Waals surface area contributed by atoms with Crippen molar-refractivity contribution in [2.45, 2.75) is 19.3 Å². The number of hydrogen-bond acceptors (Lipinski definition) is 7. The van der Waals surface area contributed by atoms with Gasteiger partial charge in [-0.1, -0.05) is 12.6 Å². The normalized spacial score (nSPS) is 14.0. The number of nitrogens with zero attached hydrogens (tertiary/aromatic N) is 5. The number of fused-ring (bicyclic) bond motifs is 1. The van der Waals surface area contributed by atoms with Gasteiger partial charge in [0.05, 0.1) is 41.2 Å². The Hall–Kier alpha value is -3.94. The van der Waals surface area contributed by atoms with Crippen LogP contribution in [0.2, 0.25) is 0 Å². The summed E-state index contributed by atoms with van der Waals surface area (Å²) >= 11 is 0. The Morgan fingerprint density at radius 3 is 2.61 bits per heavy atom. The highest BCUT2D eigenvalue weighted by atomic mass is 15.1. The Morgan fingerprint density at radius 2 is 1.81 bits per heavy atom. The van der Waals surface area contributed by atoms with Crippen LogP contribution in [0.25, 0.3) is 27.7 Å². The largest absolute Gasteiger partial charge is 0.370 e. The van der Waals surface area contributed by atoms with Gasteiger partial charge in [-0.15, -0.1) is 0 Å². The summed E-state index contributed by atoms with van der Waals surface area (Å²) < 4.78 is 0. The van der Waals surface area contributed by atoms with Crippen molar-refractivity contribution in [1.29, 1.82) is 0 Å². The molecule has 1 aliphatic rings. The molecule has 1 aliphatic heterocycles. The summed E-state index contributed by atoms with van der Waals surface area (Å²) in [5, 5.41) is 11.7. The van der Waals surface area contributed by atoms with Gasteiger partial charge >= 0.3 is 0 Å². The molecular weight excluding hydrogens is 388 g/mol. The van der Waals surface area contributed by atoms with Crippen LogP contribution >= 0.6 is 0 Å². The van der Waals surface area contributed by atoms with E-state index in [9.17, 15) is 0 Å². The third-order valence-electron chi connectivity index (χ3n) is 5.59. The van der Waals surface area contributed by atoms with Crippen LogP contribution in [0.1, 0.15) is 25.0 Å². The maximum atomic E-state index is 5.56. The lowest BCUT2D eigenvalue weighted by Gasteiger charge is -2.28. The number of piperidine rings is 1. The van der Waals surface area contributed by atoms with Gasteiger partial charge in [-0.05, 0) is 43.0 Å². The summed E-state index contributed by atoms with van der Waals surface area (Å²) in [5.74, 6) is 0.228. The van der Waals surface area contributed by atoms with Crippen molar-refractivity contribution in [2.24, 2.45) is 0 Å². The van der Waals surface area contributed by atoms with Crippen LogP contribution in [-0.4, -0.2) is 38.2 Å². The predicted octanol–water partition coefficient (Wildman–Crippen LogP) is 4.07. The van der Waals surface area contributed by atoms with Crippen molar-refractivity contribution in [2.75, 3.05) is 29.0 Å². The first-order valence-corrected chi connectivity index (χ1v) is 10.4. The van der Waals surface area contributed by atoms with Crippen LogP contribution in [0.5, 0.6) is 0 Å². The van der Waals surface area contributed by atoms with E-state index in [0.717, 1.165) is 40.8 Å². The standard InChI is InChI=1S/C23H24N8/c1-15(28-18-12-26-23(24)27-13-18)22-20-10-16(5-6-21(20)29-30-22)17-9-19(14-25-11-17)31-7-3-2-4-8-31/h5-6,9-14,28H,1-4,7-8H2,(H,29,30)(H2,24,26,27). The highest BCUT2D eigenvalue weighted by molar-refractivity contribution is 5.95. The molecule has 4 N–H and O–H groups in total. The summed E-state index contributed by atoms with van der Waals surface area (Å²) in [5.41, 5.74) is 11.9. The van der Waals surface area contributed by atoms with Crippen LogP contribution in [0.15, 0.2) is 55.6 Å². The second-order valence-electron chi connectivity index (χ2n) is 7.75. The van der Waals surface area contributed by atoms with Crippen LogP contribution in [0.4, 0.5) is 17.3 Å². The first kappa shape index (κ1) is 19.0. The highest BCUT2D eigenvalue weighted by Gasteiger charge is 2.14. The van der Waals surface area contributed by atoms with Crippen LogP contribution in [0, 0.1) is 0 Å². The topological polar surface area (TPSA) is 109 Å². The fourth-order valence-corrected chi connectivity index (χ4v) is 3.97. The van der Waals surface area contributed by atoms with E-state index in [1.165, 1.54) is 24.9 Å². The number of aromatic nitrogens is 5. The van der Waals surface area contributed by atoms with E-state index < -0.39 is 0 Å². The lowest BCUT2D eigenvalue weighted by Crippen LogP contribution is -2.29. The average molecular weight is 413 g/mol. The van der Waals surface area contributed by atoms with Gasteiger partial charge in [0.25, 0.3) is 0 Å². The van der Waals surface area contributed by atoms with Gasteiger partial charge in [0.15, 0.2) is 0 Å². The zero-order valence-electron chi connectivity index (χ0n) is 17.2. The van der Waals surface area contributed by atoms with Gasteiger partial charge in [-0.3, -0.25) is 10.1 Å². The first-order chi connectivity index (χ1) is 15.2. The first-order valence-electron chi connectivity index (χ1n) is 10.4. The lowest BCUT2D eigenvalue weighted by atomic mass is 10.0. The molecule has 31 heavy (non-hydrogen) atoms. The Labute approximate surface area is 180 Å². The second-order valence-corrected chi connectivity index (χ2v) is 7.75. The van der Waals surface area contributed by atoms with Gasteiger partial charge in [0, 0.05) is 30.2 Å². The summed E-state index contributed by atoms with van der Waals surface area (Å²) in [6.45, 7) is 6.33. The summed E-state index contributed by atoms with van der Waals surface area (Å²) in [6.07, 6.45) is 10.9. The molecule has 0 bridgehead atoms. The van der Waals surface area contributed by atoms with Crippen molar-refractivity contribution >= 4 is 33.9 Å². The molecule has 8 heteroatoms. The predicted molar refractivity (Wildman–Crippen MR) is 124 cm³/mol. The van der Waals surface area contributed by atoms with E-state index in [-0.39, 0.29) is 5.95 Å². The van der Waals surface area contributed by atoms with Gasteiger partial charge in [-0.25, -0.2) is 9.97 Å². The molecule has 0 atom stereocenters. The smallest absolute Gasteiger partial charge is 0.220 e. The summed E-state index contributed by atoms with van der Waals surface area (Å²) in [7, 11) is 0. The number of rotatable bonds is 5. The Morgan fingerprint density at radius 1 is 1.00 bits per heavy atom. The van der Waals surface area contributed by atoms with Crippen molar-refractivity contribution < 1.29 is 0 Å². The van der Waals surface area contributed by atoms with Crippen molar-refractivity contribution in [1.82, 2.24) is 25.1 Å². The minimum atomic E-state index is 0.228. The molecular formula is C23H24N8. The third-order valence-corrected chi connectivity index (χ3v) is 5.59. The molecule has 3 aromatic heterocycles. The molecule has 4 aromatic rings.